The molecule has 170 valence electrons. The summed E-state index contributed by atoms with van der Waals surface area (Å²) < 4.78 is 5.35. The molecule has 2 amide bonds. The van der Waals surface area contributed by atoms with Gasteiger partial charge in [-0.3, -0.25) is 14.5 Å². The molecule has 3 aromatic rings. The van der Waals surface area contributed by atoms with Crippen molar-refractivity contribution in [3.05, 3.63) is 95.4 Å². The Bertz CT molecular complexity index is 1090. The molecule has 6 heteroatoms. The van der Waals surface area contributed by atoms with Crippen LogP contribution in [0.25, 0.3) is 0 Å². The Kier molecular flexibility index (Phi) is 6.26. The van der Waals surface area contributed by atoms with E-state index >= 15 is 0 Å². The molecule has 6 nitrogen and oxygen atoms in total. The molecule has 0 bridgehead atoms. The van der Waals surface area contributed by atoms with Crippen LogP contribution in [0.15, 0.2) is 77.4 Å². The van der Waals surface area contributed by atoms with Crippen LogP contribution in [0, 0.1) is 0 Å². The van der Waals surface area contributed by atoms with Crippen LogP contribution in [0.5, 0.6) is 0 Å². The van der Waals surface area contributed by atoms with E-state index in [1.165, 1.54) is 11.8 Å². The van der Waals surface area contributed by atoms with Crippen LogP contribution in [0.4, 0.5) is 0 Å². The number of hydrogen-bond donors (Lipinski definition) is 1. The molecule has 33 heavy (non-hydrogen) atoms. The van der Waals surface area contributed by atoms with E-state index in [4.69, 9.17) is 4.42 Å². The van der Waals surface area contributed by atoms with Crippen molar-refractivity contribution in [2.75, 3.05) is 13.1 Å². The van der Waals surface area contributed by atoms with Gasteiger partial charge in [-0.05, 0) is 41.7 Å². The second-order valence-electron chi connectivity index (χ2n) is 8.94. The number of carbonyl (C=O) groups is 2. The lowest BCUT2D eigenvalue weighted by molar-refractivity contribution is -0.127. The van der Waals surface area contributed by atoms with Crippen LogP contribution in [-0.4, -0.2) is 46.8 Å². The highest BCUT2D eigenvalue weighted by molar-refractivity contribution is 5.96. The zero-order valence-corrected chi connectivity index (χ0v) is 18.7. The maximum atomic E-state index is 13.4. The molecule has 1 N–H and O–H groups in total. The maximum absolute atomic E-state index is 13.4. The number of nitrogens with one attached hydrogen (secondary N) is 1. The van der Waals surface area contributed by atoms with Crippen molar-refractivity contribution in [1.82, 2.24) is 15.1 Å². The first kappa shape index (κ1) is 21.5. The van der Waals surface area contributed by atoms with E-state index in [0.717, 1.165) is 43.6 Å². The third kappa shape index (κ3) is 4.86. The normalized spacial score (nSPS) is 19.2. The Labute approximate surface area is 194 Å². The monoisotopic (exact) mass is 443 g/mol. The van der Waals surface area contributed by atoms with Gasteiger partial charge >= 0.3 is 0 Å². The predicted molar refractivity (Wildman–Crippen MR) is 125 cm³/mol. The number of amides is 2. The Morgan fingerprint density at radius 1 is 0.909 bits per heavy atom. The fourth-order valence-corrected chi connectivity index (χ4v) is 4.89. The maximum Gasteiger partial charge on any atom is 0.290 e. The third-order valence-corrected chi connectivity index (χ3v) is 6.73. The Balaban J connectivity index is 1.24. The van der Waals surface area contributed by atoms with Crippen molar-refractivity contribution in [2.45, 2.75) is 44.4 Å². The van der Waals surface area contributed by atoms with E-state index in [2.05, 4.69) is 34.5 Å². The second-order valence-corrected chi connectivity index (χ2v) is 8.94. The van der Waals surface area contributed by atoms with E-state index in [0.29, 0.717) is 13.0 Å². The minimum Gasteiger partial charge on any atom is -0.459 e. The van der Waals surface area contributed by atoms with Gasteiger partial charge in [-0.15, -0.1) is 0 Å². The smallest absolute Gasteiger partial charge is 0.290 e. The number of likely N-dealkylation sites (tertiary alicyclic amines) is 1. The quantitative estimate of drug-likeness (QED) is 0.654. The van der Waals surface area contributed by atoms with Crippen molar-refractivity contribution >= 4 is 11.8 Å². The average Bonchev–Trinajstić information content (AvgIpc) is 3.40. The summed E-state index contributed by atoms with van der Waals surface area (Å²) in [5.41, 5.74) is 3.52. The third-order valence-electron chi connectivity index (χ3n) is 6.73. The summed E-state index contributed by atoms with van der Waals surface area (Å²) in [5, 5.41) is 3.24. The highest BCUT2D eigenvalue weighted by Gasteiger charge is 2.37. The van der Waals surface area contributed by atoms with Crippen LogP contribution in [0.2, 0.25) is 0 Å². The highest BCUT2D eigenvalue weighted by Crippen LogP contribution is 2.26. The van der Waals surface area contributed by atoms with Gasteiger partial charge in [0.05, 0.1) is 6.26 Å². The van der Waals surface area contributed by atoms with Gasteiger partial charge in [0.15, 0.2) is 5.76 Å². The molecular weight excluding hydrogens is 414 g/mol. The summed E-state index contributed by atoms with van der Waals surface area (Å²) in [4.78, 5) is 30.6. The number of piperidine rings is 1. The average molecular weight is 444 g/mol. The summed E-state index contributed by atoms with van der Waals surface area (Å²) in [6.45, 7) is 3.24. The van der Waals surface area contributed by atoms with Crippen molar-refractivity contribution in [3.8, 4) is 0 Å². The molecule has 2 aliphatic rings. The second kappa shape index (κ2) is 9.63. The summed E-state index contributed by atoms with van der Waals surface area (Å²) in [7, 11) is 0. The SMILES string of the molecule is O=C(NC1CCN(Cc2ccccc2)CC1)C1Cc2ccccc2CN1C(=O)c1ccco1. The molecule has 1 atom stereocenters. The van der Waals surface area contributed by atoms with E-state index in [9.17, 15) is 9.59 Å². The molecular formula is C27H29N3O3. The van der Waals surface area contributed by atoms with Crippen molar-refractivity contribution in [1.29, 1.82) is 0 Å². The number of nitrogens with zero attached hydrogens (tertiary/aromatic N) is 2. The van der Waals surface area contributed by atoms with Crippen molar-refractivity contribution < 1.29 is 14.0 Å². The van der Waals surface area contributed by atoms with Crippen LogP contribution >= 0.6 is 0 Å². The Morgan fingerprint density at radius 3 is 2.36 bits per heavy atom. The van der Waals surface area contributed by atoms with Gasteiger partial charge in [0.2, 0.25) is 5.91 Å². The zero-order valence-electron chi connectivity index (χ0n) is 18.7. The van der Waals surface area contributed by atoms with E-state index < -0.39 is 6.04 Å². The molecule has 1 aromatic heterocycles. The predicted octanol–water partition coefficient (Wildman–Crippen LogP) is 3.63. The number of hydrogen-bond acceptors (Lipinski definition) is 4. The van der Waals surface area contributed by atoms with Gasteiger partial charge in [0.1, 0.15) is 6.04 Å². The lowest BCUT2D eigenvalue weighted by Gasteiger charge is -2.37. The van der Waals surface area contributed by atoms with Gasteiger partial charge in [-0.2, -0.15) is 0 Å². The van der Waals surface area contributed by atoms with Gasteiger partial charge in [-0.1, -0.05) is 54.6 Å². The Hall–Kier alpha value is -3.38. The summed E-state index contributed by atoms with van der Waals surface area (Å²) in [6, 6.07) is 21.4. The fourth-order valence-electron chi connectivity index (χ4n) is 4.89. The first-order chi connectivity index (χ1) is 16.2. The molecule has 1 saturated heterocycles. The van der Waals surface area contributed by atoms with E-state index in [1.54, 1.807) is 17.0 Å². The largest absolute Gasteiger partial charge is 0.459 e. The molecule has 2 aliphatic heterocycles. The van der Waals surface area contributed by atoms with Crippen molar-refractivity contribution in [2.24, 2.45) is 0 Å². The van der Waals surface area contributed by atoms with Gasteiger partial charge in [0, 0.05) is 38.6 Å². The first-order valence-electron chi connectivity index (χ1n) is 11.7. The number of fused-ring (bicyclic) bond motifs is 1. The van der Waals surface area contributed by atoms with Crippen LogP contribution in [-0.2, 0) is 24.3 Å². The fraction of sp³-hybridized carbons (Fsp3) is 0.333. The molecule has 5 rings (SSSR count). The molecule has 0 aliphatic carbocycles. The number of furan rings is 1. The van der Waals surface area contributed by atoms with Crippen LogP contribution in [0.1, 0.15) is 40.1 Å². The van der Waals surface area contributed by atoms with E-state index in [-0.39, 0.29) is 23.6 Å². The number of rotatable bonds is 5. The minimum absolute atomic E-state index is 0.0779. The van der Waals surface area contributed by atoms with Crippen LogP contribution < -0.4 is 5.32 Å². The lowest BCUT2D eigenvalue weighted by atomic mass is 9.92. The molecule has 0 spiro atoms. The summed E-state index contributed by atoms with van der Waals surface area (Å²) in [6.07, 6.45) is 3.83. The molecule has 3 heterocycles. The lowest BCUT2D eigenvalue weighted by Crippen LogP contribution is -2.55. The standard InChI is InChI=1S/C27H29N3O3/c31-26(28-23-12-14-29(15-13-23)18-20-7-2-1-3-8-20)24-17-21-9-4-5-10-22(21)19-30(24)27(32)25-11-6-16-33-25/h1-11,16,23-24H,12-15,17-19H2,(H,28,31). The number of carbonyl (C=O) groups excluding carboxylic acids is 2. The van der Waals surface area contributed by atoms with Gasteiger partial charge in [0.25, 0.3) is 5.91 Å². The van der Waals surface area contributed by atoms with Gasteiger partial charge < -0.3 is 14.6 Å². The minimum atomic E-state index is -0.542. The molecule has 0 saturated carbocycles. The topological polar surface area (TPSA) is 65.8 Å². The first-order valence-corrected chi connectivity index (χ1v) is 11.7. The van der Waals surface area contributed by atoms with Crippen molar-refractivity contribution in [3.63, 3.8) is 0 Å². The summed E-state index contributed by atoms with van der Waals surface area (Å²) in [5.74, 6) is -0.0559. The Morgan fingerprint density at radius 2 is 1.64 bits per heavy atom. The highest BCUT2D eigenvalue weighted by atomic mass is 16.3. The molecule has 1 fully saturated rings. The molecule has 1 unspecified atom stereocenters. The zero-order chi connectivity index (χ0) is 22.6. The van der Waals surface area contributed by atoms with E-state index in [1.807, 2.05) is 30.3 Å². The van der Waals surface area contributed by atoms with Crippen LogP contribution in [0.3, 0.4) is 0 Å². The van der Waals surface area contributed by atoms with Gasteiger partial charge in [-0.25, -0.2) is 0 Å². The number of benzene rings is 2. The molecule has 2 aromatic carbocycles. The summed E-state index contributed by atoms with van der Waals surface area (Å²) >= 11 is 0. The molecule has 0 radical (unpaired) electrons.